The molecule has 2 unspecified atom stereocenters. The van der Waals surface area contributed by atoms with Crippen molar-refractivity contribution >= 4 is 28.3 Å². The van der Waals surface area contributed by atoms with E-state index in [0.717, 1.165) is 4.31 Å². The Balaban J connectivity index is 2.03. The first kappa shape index (κ1) is 18.9. The van der Waals surface area contributed by atoms with Crippen LogP contribution >= 0.6 is 10.8 Å². The first-order valence-corrected chi connectivity index (χ1v) is 9.75. The number of halogens is 1. The molecule has 1 aromatic carbocycles. The molecule has 1 saturated heterocycles. The summed E-state index contributed by atoms with van der Waals surface area (Å²) in [6.07, 6.45) is 1.61. The zero-order valence-corrected chi connectivity index (χ0v) is 15.4. The fourth-order valence-electron chi connectivity index (χ4n) is 3.81. The molecule has 1 aromatic rings. The lowest BCUT2D eigenvalue weighted by Gasteiger charge is -2.57. The Labute approximate surface area is 152 Å². The van der Waals surface area contributed by atoms with Crippen molar-refractivity contribution in [2.75, 3.05) is 26.1 Å². The summed E-state index contributed by atoms with van der Waals surface area (Å²) in [6, 6.07) is 4.16. The van der Waals surface area contributed by atoms with Gasteiger partial charge in [-0.3, -0.25) is 19.3 Å². The molecule has 1 heterocycles. The van der Waals surface area contributed by atoms with E-state index in [1.165, 1.54) is 32.4 Å². The fraction of sp³-hybridized carbons (Fsp3) is 0.500. The predicted molar refractivity (Wildman–Crippen MR) is 97.7 cm³/mol. The van der Waals surface area contributed by atoms with E-state index in [2.05, 4.69) is 10.6 Å². The lowest BCUT2D eigenvalue weighted by Crippen LogP contribution is -2.63. The van der Waals surface area contributed by atoms with Crippen LogP contribution in [0.1, 0.15) is 24.8 Å². The Bertz CT molecular complexity index is 747. The number of anilines is 1. The van der Waals surface area contributed by atoms with Crippen molar-refractivity contribution in [1.82, 2.24) is 9.62 Å². The number of nitrogens with one attached hydrogen (secondary N) is 3. The molecule has 0 aromatic heterocycles. The average molecular weight is 386 g/mol. The van der Waals surface area contributed by atoms with Crippen molar-refractivity contribution in [1.29, 1.82) is 5.41 Å². The maximum absolute atomic E-state index is 14.7. The van der Waals surface area contributed by atoms with Gasteiger partial charge in [0, 0.05) is 25.4 Å². The fourth-order valence-corrected chi connectivity index (χ4v) is 5.83. The molecule has 26 heavy (non-hydrogen) atoms. The van der Waals surface area contributed by atoms with Crippen LogP contribution in [-0.4, -0.2) is 51.3 Å². The maximum atomic E-state index is 14.7. The summed E-state index contributed by atoms with van der Waals surface area (Å²) in [7, 11) is -0.449. The van der Waals surface area contributed by atoms with Gasteiger partial charge in [-0.15, -0.1) is 10.8 Å². The van der Waals surface area contributed by atoms with Crippen LogP contribution in [0.2, 0.25) is 0 Å². The van der Waals surface area contributed by atoms with Gasteiger partial charge in [-0.1, -0.05) is 0 Å². The van der Waals surface area contributed by atoms with E-state index >= 15 is 0 Å². The van der Waals surface area contributed by atoms with Gasteiger partial charge in [-0.2, -0.15) is 0 Å². The smallest absolute Gasteiger partial charge is 0.250 e. The summed E-state index contributed by atoms with van der Waals surface area (Å²) in [4.78, 5) is 11.7. The summed E-state index contributed by atoms with van der Waals surface area (Å²) in [6.45, 7) is -0.130. The Morgan fingerprint density at radius 2 is 2.31 bits per heavy atom. The van der Waals surface area contributed by atoms with Gasteiger partial charge < -0.3 is 15.4 Å². The minimum atomic E-state index is -3.28. The molecule has 1 aliphatic carbocycles. The van der Waals surface area contributed by atoms with E-state index in [-0.39, 0.29) is 24.0 Å². The second-order valence-corrected chi connectivity index (χ2v) is 8.80. The van der Waals surface area contributed by atoms with Crippen molar-refractivity contribution in [2.24, 2.45) is 0 Å². The van der Waals surface area contributed by atoms with Crippen molar-refractivity contribution in [3.63, 3.8) is 0 Å². The molecule has 0 bridgehead atoms. The number of carbonyl (C=O) groups excluding carboxylic acids is 1. The Morgan fingerprint density at radius 3 is 3.00 bits per heavy atom. The Morgan fingerprint density at radius 1 is 1.58 bits per heavy atom. The number of hydrogen-bond donors (Lipinski definition) is 5. The molecule has 8 nitrogen and oxygen atoms in total. The molecule has 3 rings (SSSR count). The van der Waals surface area contributed by atoms with Gasteiger partial charge >= 0.3 is 0 Å². The molecule has 2 atom stereocenters. The molecular formula is C16H23FN4O4S. The number of rotatable bonds is 4. The van der Waals surface area contributed by atoms with E-state index in [1.54, 1.807) is 0 Å². The summed E-state index contributed by atoms with van der Waals surface area (Å²) in [5.74, 6) is -1.07. The number of carbonyl (C=O) groups is 1. The van der Waals surface area contributed by atoms with Gasteiger partial charge in [0.25, 0.3) is 0 Å². The van der Waals surface area contributed by atoms with Crippen molar-refractivity contribution in [2.45, 2.75) is 30.1 Å². The molecule has 1 saturated carbocycles. The predicted octanol–water partition coefficient (Wildman–Crippen LogP) is 2.29. The normalized spacial score (nSPS) is 28.3. The highest BCUT2D eigenvalue weighted by molar-refractivity contribution is 8.23. The monoisotopic (exact) mass is 386 g/mol. The van der Waals surface area contributed by atoms with Gasteiger partial charge in [0.2, 0.25) is 11.9 Å². The number of hydrogen-bond acceptors (Lipinski definition) is 5. The molecule has 1 aliphatic heterocycles. The van der Waals surface area contributed by atoms with Crippen LogP contribution in [-0.2, 0) is 15.1 Å². The molecule has 0 spiro atoms. The van der Waals surface area contributed by atoms with Crippen molar-refractivity contribution < 1.29 is 23.0 Å². The highest BCUT2D eigenvalue weighted by Gasteiger charge is 2.57. The second kappa shape index (κ2) is 6.69. The van der Waals surface area contributed by atoms with E-state index in [0.29, 0.717) is 24.9 Å². The van der Waals surface area contributed by atoms with Gasteiger partial charge in [-0.25, -0.2) is 8.70 Å². The SMILES string of the molecule is COCC(=O)Nc1ccc(F)c(C23CCCC2S(O)(O)N(C)C(=N)N3)c1. The molecule has 0 radical (unpaired) electrons. The van der Waals surface area contributed by atoms with Crippen LogP contribution in [0.5, 0.6) is 0 Å². The van der Waals surface area contributed by atoms with Gasteiger partial charge in [0.15, 0.2) is 0 Å². The van der Waals surface area contributed by atoms with Crippen LogP contribution in [0.25, 0.3) is 0 Å². The Kier molecular flexibility index (Phi) is 4.86. The summed E-state index contributed by atoms with van der Waals surface area (Å²) >= 11 is 0. The third-order valence-electron chi connectivity index (χ3n) is 5.03. The topological polar surface area (TPSA) is 118 Å². The lowest BCUT2D eigenvalue weighted by atomic mass is 9.86. The molecule has 1 amide bonds. The number of guanidine groups is 1. The molecule has 10 heteroatoms. The maximum Gasteiger partial charge on any atom is 0.250 e. The molecular weight excluding hydrogens is 363 g/mol. The molecule has 144 valence electrons. The highest BCUT2D eigenvalue weighted by atomic mass is 32.3. The third-order valence-corrected chi connectivity index (χ3v) is 7.42. The highest BCUT2D eigenvalue weighted by Crippen LogP contribution is 2.62. The number of nitrogens with zero attached hydrogens (tertiary/aromatic N) is 1. The molecule has 5 N–H and O–H groups in total. The van der Waals surface area contributed by atoms with Crippen LogP contribution in [0, 0.1) is 11.2 Å². The van der Waals surface area contributed by atoms with Crippen molar-refractivity contribution in [3.8, 4) is 0 Å². The number of fused-ring (bicyclic) bond motifs is 1. The number of amides is 1. The quantitative estimate of drug-likeness (QED) is 0.542. The summed E-state index contributed by atoms with van der Waals surface area (Å²) in [5, 5.41) is 13.0. The van der Waals surface area contributed by atoms with Crippen LogP contribution in [0.3, 0.4) is 0 Å². The Hall–Kier alpha value is -1.88. The summed E-state index contributed by atoms with van der Waals surface area (Å²) in [5.41, 5.74) is -0.505. The number of ether oxygens (including phenoxy) is 1. The largest absolute Gasteiger partial charge is 0.375 e. The van der Waals surface area contributed by atoms with E-state index in [1.807, 2.05) is 0 Å². The van der Waals surface area contributed by atoms with Gasteiger partial charge in [0.1, 0.15) is 12.4 Å². The van der Waals surface area contributed by atoms with Crippen molar-refractivity contribution in [3.05, 3.63) is 29.6 Å². The molecule has 2 aliphatic rings. The zero-order chi connectivity index (χ0) is 19.1. The van der Waals surface area contributed by atoms with E-state index < -0.39 is 27.4 Å². The van der Waals surface area contributed by atoms with Crippen LogP contribution in [0.4, 0.5) is 10.1 Å². The van der Waals surface area contributed by atoms with E-state index in [9.17, 15) is 18.3 Å². The first-order valence-electron chi connectivity index (χ1n) is 8.19. The average Bonchev–Trinajstić information content (AvgIpc) is 3.01. The minimum absolute atomic E-state index is 0.130. The van der Waals surface area contributed by atoms with E-state index in [4.69, 9.17) is 10.1 Å². The second-order valence-electron chi connectivity index (χ2n) is 6.56. The zero-order valence-electron chi connectivity index (χ0n) is 14.6. The third kappa shape index (κ3) is 2.92. The number of benzene rings is 1. The molecule has 2 fully saturated rings. The van der Waals surface area contributed by atoms with Crippen LogP contribution < -0.4 is 10.6 Å². The van der Waals surface area contributed by atoms with Gasteiger partial charge in [0.05, 0.1) is 10.8 Å². The first-order chi connectivity index (χ1) is 12.2. The number of methoxy groups -OCH3 is 1. The standard InChI is InChI=1S/C16H23FN4O4S/c1-21-15(18)20-16(7-3-4-13(16)26(21,23)24)11-8-10(5-6-12(11)17)19-14(22)9-25-2/h5-6,8,13,23-24H,3-4,7,9H2,1-2H3,(H2,18,20)(H,19,22). The lowest BCUT2D eigenvalue weighted by molar-refractivity contribution is -0.119. The minimum Gasteiger partial charge on any atom is -0.375 e. The van der Waals surface area contributed by atoms with Gasteiger partial charge in [-0.05, 0) is 37.5 Å². The van der Waals surface area contributed by atoms with Crippen LogP contribution in [0.15, 0.2) is 18.2 Å². The summed E-state index contributed by atoms with van der Waals surface area (Å²) < 4.78 is 41.9.